The smallest absolute Gasteiger partial charge is 0.269 e. The van der Waals surface area contributed by atoms with Gasteiger partial charge in [0.15, 0.2) is 5.75 Å². The fraction of sp³-hybridized carbons (Fsp3) is 0.308. The van der Waals surface area contributed by atoms with Gasteiger partial charge >= 0.3 is 0 Å². The number of quaternary nitrogens is 1. The van der Waals surface area contributed by atoms with Crippen molar-refractivity contribution in [1.82, 2.24) is 8.96 Å². The predicted molar refractivity (Wildman–Crippen MR) is 71.6 cm³/mol. The summed E-state index contributed by atoms with van der Waals surface area (Å²) in [5.74, 6) is 0.708. The monoisotopic (exact) mass is 308 g/mol. The average molecular weight is 308 g/mol. The van der Waals surface area contributed by atoms with Gasteiger partial charge in [0.1, 0.15) is 31.2 Å². The van der Waals surface area contributed by atoms with Crippen LogP contribution in [-0.4, -0.2) is 30.6 Å². The minimum Gasteiger partial charge on any atom is -0.484 e. The summed E-state index contributed by atoms with van der Waals surface area (Å²) in [5, 5.41) is 2.13. The molecule has 0 atom stereocenters. The molecule has 0 amide bonds. The maximum Gasteiger partial charge on any atom is 0.269 e. The molecule has 0 fully saturated rings. The van der Waals surface area contributed by atoms with Gasteiger partial charge in [-0.05, 0) is 0 Å². The van der Waals surface area contributed by atoms with Gasteiger partial charge < -0.3 is 14.8 Å². The van der Waals surface area contributed by atoms with Crippen molar-refractivity contribution in [2.24, 2.45) is 0 Å². The first-order valence-corrected chi connectivity index (χ1v) is 8.11. The van der Waals surface area contributed by atoms with Crippen LogP contribution in [0.3, 0.4) is 0 Å². The van der Waals surface area contributed by atoms with E-state index in [0.717, 1.165) is 24.2 Å². The Hall–Kier alpha value is -2.06. The molecule has 4 heterocycles. The third-order valence-corrected chi connectivity index (χ3v) is 5.24. The second-order valence-electron chi connectivity index (χ2n) is 5.01. The lowest BCUT2D eigenvalue weighted by Gasteiger charge is -2.17. The maximum atomic E-state index is 12.6. The van der Waals surface area contributed by atoms with Gasteiger partial charge in [-0.1, -0.05) is 0 Å². The highest BCUT2D eigenvalue weighted by Crippen LogP contribution is 2.30. The van der Waals surface area contributed by atoms with E-state index in [-0.39, 0.29) is 4.90 Å². The molecule has 0 aromatic carbocycles. The SMILES string of the molecule is O=S(=O)(c1cnc2c(c1)OCCO2)n1cc2c(c1)C[NH2+]C2. The number of rotatable bonds is 2. The first-order chi connectivity index (χ1) is 10.1. The average Bonchev–Trinajstić information content (AvgIpc) is 3.08. The highest BCUT2D eigenvalue weighted by molar-refractivity contribution is 7.90. The van der Waals surface area contributed by atoms with Gasteiger partial charge in [-0.2, -0.15) is 0 Å². The normalized spacial score (nSPS) is 16.8. The van der Waals surface area contributed by atoms with Crippen LogP contribution < -0.4 is 14.8 Å². The molecule has 4 rings (SSSR count). The van der Waals surface area contributed by atoms with Crippen LogP contribution in [0.4, 0.5) is 0 Å². The topological polar surface area (TPSA) is 87.0 Å². The van der Waals surface area contributed by atoms with E-state index in [1.54, 1.807) is 12.4 Å². The summed E-state index contributed by atoms with van der Waals surface area (Å²) in [7, 11) is -3.65. The Morgan fingerprint density at radius 2 is 1.86 bits per heavy atom. The minimum atomic E-state index is -3.65. The van der Waals surface area contributed by atoms with Gasteiger partial charge in [-0.3, -0.25) is 0 Å². The van der Waals surface area contributed by atoms with E-state index in [9.17, 15) is 8.42 Å². The molecule has 2 aromatic rings. The number of hydrogen-bond acceptors (Lipinski definition) is 5. The maximum absolute atomic E-state index is 12.6. The van der Waals surface area contributed by atoms with E-state index < -0.39 is 10.0 Å². The van der Waals surface area contributed by atoms with Gasteiger partial charge in [0.05, 0.1) is 6.20 Å². The lowest BCUT2D eigenvalue weighted by atomic mass is 10.2. The number of nitrogens with zero attached hydrogens (tertiary/aromatic N) is 2. The number of pyridine rings is 1. The van der Waals surface area contributed by atoms with Crippen molar-refractivity contribution in [2.75, 3.05) is 13.2 Å². The van der Waals surface area contributed by atoms with E-state index in [0.29, 0.717) is 24.8 Å². The second-order valence-corrected chi connectivity index (χ2v) is 6.85. The van der Waals surface area contributed by atoms with Crippen LogP contribution in [0.1, 0.15) is 11.1 Å². The second kappa shape index (κ2) is 4.47. The van der Waals surface area contributed by atoms with Crippen molar-refractivity contribution in [3.05, 3.63) is 35.8 Å². The molecule has 21 heavy (non-hydrogen) atoms. The molecular weight excluding hydrogens is 294 g/mol. The van der Waals surface area contributed by atoms with Crippen molar-refractivity contribution >= 4 is 10.0 Å². The molecule has 0 bridgehead atoms. The molecule has 2 aliphatic rings. The summed E-state index contributed by atoms with van der Waals surface area (Å²) in [6, 6.07) is 1.47. The summed E-state index contributed by atoms with van der Waals surface area (Å²) in [6.45, 7) is 2.45. The Morgan fingerprint density at radius 1 is 1.14 bits per heavy atom. The number of ether oxygens (including phenoxy) is 2. The summed E-state index contributed by atoms with van der Waals surface area (Å²) in [6.07, 6.45) is 4.65. The van der Waals surface area contributed by atoms with E-state index in [4.69, 9.17) is 9.47 Å². The highest BCUT2D eigenvalue weighted by Gasteiger charge is 2.25. The first-order valence-electron chi connectivity index (χ1n) is 6.67. The highest BCUT2D eigenvalue weighted by atomic mass is 32.2. The summed E-state index contributed by atoms with van der Waals surface area (Å²) in [5.41, 5.74) is 2.12. The fourth-order valence-electron chi connectivity index (χ4n) is 2.58. The molecule has 0 aliphatic carbocycles. The van der Waals surface area contributed by atoms with Crippen LogP contribution in [0, 0.1) is 0 Å². The van der Waals surface area contributed by atoms with E-state index >= 15 is 0 Å². The zero-order valence-electron chi connectivity index (χ0n) is 11.2. The zero-order valence-corrected chi connectivity index (χ0v) is 12.0. The number of aromatic nitrogens is 2. The van der Waals surface area contributed by atoms with Crippen molar-refractivity contribution in [1.29, 1.82) is 0 Å². The molecule has 0 radical (unpaired) electrons. The van der Waals surface area contributed by atoms with E-state index in [2.05, 4.69) is 10.3 Å². The Morgan fingerprint density at radius 3 is 2.62 bits per heavy atom. The van der Waals surface area contributed by atoms with Crippen LogP contribution in [0.15, 0.2) is 29.6 Å². The van der Waals surface area contributed by atoms with Gasteiger partial charge in [-0.25, -0.2) is 17.4 Å². The van der Waals surface area contributed by atoms with Gasteiger partial charge in [0.25, 0.3) is 15.9 Å². The van der Waals surface area contributed by atoms with Gasteiger partial charge in [0, 0.05) is 29.6 Å². The third kappa shape index (κ3) is 1.98. The standard InChI is InChI=1S/C13H13N3O4S/c17-21(18,16-7-9-4-14-5-10(9)8-16)11-3-12-13(15-6-11)20-2-1-19-12/h3,6-8,14H,1-2,4-5H2/p+1. The number of hydrogen-bond donors (Lipinski definition) is 1. The third-order valence-electron chi connectivity index (χ3n) is 3.66. The van der Waals surface area contributed by atoms with Crippen LogP contribution in [0.25, 0.3) is 0 Å². The van der Waals surface area contributed by atoms with Crippen LogP contribution in [-0.2, 0) is 23.1 Å². The number of fused-ring (bicyclic) bond motifs is 2. The molecule has 2 aromatic heterocycles. The Kier molecular flexibility index (Phi) is 2.69. The lowest BCUT2D eigenvalue weighted by Crippen LogP contribution is -2.77. The van der Waals surface area contributed by atoms with Crippen molar-refractivity contribution < 1.29 is 23.2 Å². The van der Waals surface area contributed by atoms with E-state index in [1.165, 1.54) is 16.2 Å². The molecule has 0 spiro atoms. The lowest BCUT2D eigenvalue weighted by molar-refractivity contribution is -0.676. The molecule has 0 unspecified atom stereocenters. The molecule has 8 heteroatoms. The van der Waals surface area contributed by atoms with Crippen LogP contribution >= 0.6 is 0 Å². The minimum absolute atomic E-state index is 0.101. The fourth-order valence-corrected chi connectivity index (χ4v) is 3.80. The Balaban J connectivity index is 1.77. The Labute approximate surface area is 121 Å². The van der Waals surface area contributed by atoms with Crippen LogP contribution in [0.5, 0.6) is 11.6 Å². The molecule has 2 aliphatic heterocycles. The molecule has 0 saturated carbocycles. The van der Waals surface area contributed by atoms with Crippen molar-refractivity contribution in [3.8, 4) is 11.6 Å². The van der Waals surface area contributed by atoms with Gasteiger partial charge in [-0.15, -0.1) is 0 Å². The molecular formula is C13H14N3O4S+. The number of nitrogens with two attached hydrogens (primary N) is 1. The summed E-state index contributed by atoms with van der Waals surface area (Å²) >= 11 is 0. The van der Waals surface area contributed by atoms with Crippen LogP contribution in [0.2, 0.25) is 0 Å². The van der Waals surface area contributed by atoms with Crippen molar-refractivity contribution in [2.45, 2.75) is 18.0 Å². The van der Waals surface area contributed by atoms with E-state index in [1.807, 2.05) is 0 Å². The first kappa shape index (κ1) is 12.7. The van der Waals surface area contributed by atoms with Crippen molar-refractivity contribution in [3.63, 3.8) is 0 Å². The Bertz CT molecular complexity index is 791. The molecule has 110 valence electrons. The largest absolute Gasteiger partial charge is 0.484 e. The molecule has 7 nitrogen and oxygen atoms in total. The zero-order chi connectivity index (χ0) is 14.4. The summed E-state index contributed by atoms with van der Waals surface area (Å²) < 4.78 is 37.2. The summed E-state index contributed by atoms with van der Waals surface area (Å²) in [4.78, 5) is 4.13. The predicted octanol–water partition coefficient (Wildman–Crippen LogP) is -0.532. The molecule has 0 saturated heterocycles. The van der Waals surface area contributed by atoms with Gasteiger partial charge in [0.2, 0.25) is 0 Å². The molecule has 2 N–H and O–H groups in total. The quantitative estimate of drug-likeness (QED) is 0.806.